The fourth-order valence-electron chi connectivity index (χ4n) is 7.48. The Morgan fingerprint density at radius 2 is 1.26 bits per heavy atom. The van der Waals surface area contributed by atoms with Crippen LogP contribution in [-0.2, 0) is 41.8 Å². The third kappa shape index (κ3) is 25.2. The van der Waals surface area contributed by atoms with Crippen molar-refractivity contribution < 1.29 is 52.9 Å². The van der Waals surface area contributed by atoms with E-state index in [9.17, 15) is 38.7 Å². The van der Waals surface area contributed by atoms with Gasteiger partial charge in [-0.1, -0.05) is 91.9 Å². The molecule has 0 saturated carbocycles. The molecule has 77 heavy (non-hydrogen) atoms. The summed E-state index contributed by atoms with van der Waals surface area (Å²) < 4.78 is 16.8. The highest BCUT2D eigenvalue weighted by atomic mass is 16.6. The molecule has 0 spiro atoms. The number of amides is 8. The molecule has 3 atom stereocenters. The molecule has 4 aromatic rings. The number of nitrogens with zero attached hydrogens (tertiary/aromatic N) is 1. The standard InChI is InChI=1S/C56H76N10O11/c1-5-47(68)58-33-34-61-53(72)66-52(57)60-32-17-25-45(50(70)63-37-39-26-28-43(67)29-27-39)64-51(71)48(41-20-10-7-11-21-41)42-22-16-23-44(36-42)75-35-15-14-30-59-49(69)46(65-55(74)77-56(2,3)4)24-12-13-31-62-54(73)76-38-40-18-8-6-9-19-40/h6-11,16,18-23,26-29,36,45-46,48,67H,5,12-15,17,24-25,30-35,37-38H2,1-4H3,(H,58,68)(H,59,69)(H,62,73)(H,63,70)(H,64,71)(H,65,74)(H4,57,60,61,66,72)/t45-,46+,48?/m1/s1. The quantitative estimate of drug-likeness (QED) is 0.0176. The number of alkyl carbamates (subject to hydrolysis) is 2. The molecule has 4 aromatic carbocycles. The molecular formula is C56H76N10O11. The second-order valence-corrected chi connectivity index (χ2v) is 18.9. The van der Waals surface area contributed by atoms with Crippen LogP contribution < -0.4 is 53.0 Å². The van der Waals surface area contributed by atoms with Crippen LogP contribution in [0.4, 0.5) is 14.4 Å². The second kappa shape index (κ2) is 33.5. The number of phenolic OH excluding ortho intramolecular Hbond substituents is 1. The molecule has 1 unspecified atom stereocenters. The SMILES string of the molecule is CCC(=O)NCCNC(=O)NC(N)=NCCC[C@@H](NC(=O)C(c1ccccc1)c1cccc(OCCCCNC(=O)[C@H](CCCCNC(=O)OCc2ccccc2)NC(=O)OC(C)(C)C)c1)C(=O)NCc1ccc(O)cc1. The van der Waals surface area contributed by atoms with Crippen molar-refractivity contribution in [3.05, 3.63) is 131 Å². The maximum absolute atomic E-state index is 14.5. The normalized spacial score (nSPS) is 12.3. The van der Waals surface area contributed by atoms with E-state index in [1.54, 1.807) is 64.1 Å². The summed E-state index contributed by atoms with van der Waals surface area (Å²) >= 11 is 0. The van der Waals surface area contributed by atoms with Crippen molar-refractivity contribution in [2.24, 2.45) is 10.7 Å². The van der Waals surface area contributed by atoms with Crippen molar-refractivity contribution in [1.82, 2.24) is 42.5 Å². The lowest BCUT2D eigenvalue weighted by molar-refractivity contribution is -0.129. The van der Waals surface area contributed by atoms with Gasteiger partial charge >= 0.3 is 18.2 Å². The second-order valence-electron chi connectivity index (χ2n) is 18.9. The number of nitrogens with one attached hydrogen (secondary N) is 8. The van der Waals surface area contributed by atoms with E-state index in [4.69, 9.17) is 19.9 Å². The minimum absolute atomic E-state index is 0.0803. The fraction of sp³-hybridized carbons (Fsp3) is 0.429. The third-order valence-electron chi connectivity index (χ3n) is 11.4. The highest BCUT2D eigenvalue weighted by Gasteiger charge is 2.29. The van der Waals surface area contributed by atoms with Gasteiger partial charge in [0.05, 0.1) is 12.5 Å². The van der Waals surface area contributed by atoms with Crippen molar-refractivity contribution >= 4 is 47.8 Å². The van der Waals surface area contributed by atoms with Crippen molar-refractivity contribution in [2.45, 2.75) is 116 Å². The number of guanidine groups is 1. The number of rotatable bonds is 30. The Morgan fingerprint density at radius 1 is 0.623 bits per heavy atom. The Kier molecular flexibility index (Phi) is 26.7. The molecule has 0 aromatic heterocycles. The van der Waals surface area contributed by atoms with Gasteiger partial charge in [-0.25, -0.2) is 14.4 Å². The van der Waals surface area contributed by atoms with Crippen molar-refractivity contribution in [3.8, 4) is 11.5 Å². The van der Waals surface area contributed by atoms with Gasteiger partial charge in [-0.2, -0.15) is 0 Å². The van der Waals surface area contributed by atoms with Crippen LogP contribution in [-0.4, -0.2) is 110 Å². The zero-order chi connectivity index (χ0) is 55.8. The zero-order valence-corrected chi connectivity index (χ0v) is 44.5. The van der Waals surface area contributed by atoms with Crippen LogP contribution in [0, 0.1) is 0 Å². The molecule has 4 rings (SSSR count). The lowest BCUT2D eigenvalue weighted by Crippen LogP contribution is -2.48. The number of phenols is 1. The maximum atomic E-state index is 14.5. The van der Waals surface area contributed by atoms with Gasteiger partial charge in [0.15, 0.2) is 5.96 Å². The first-order chi connectivity index (χ1) is 37.0. The summed E-state index contributed by atoms with van der Waals surface area (Å²) in [6.45, 7) is 8.66. The molecule has 0 aliphatic heterocycles. The van der Waals surface area contributed by atoms with Gasteiger partial charge in [-0.05, 0) is 112 Å². The van der Waals surface area contributed by atoms with Gasteiger partial charge in [-0.15, -0.1) is 0 Å². The number of nitrogens with two attached hydrogens (primary N) is 1. The van der Waals surface area contributed by atoms with Crippen LogP contribution in [0.3, 0.4) is 0 Å². The molecule has 11 N–H and O–H groups in total. The molecule has 0 heterocycles. The molecule has 8 amide bonds. The van der Waals surface area contributed by atoms with Gasteiger partial charge in [0, 0.05) is 45.7 Å². The fourth-order valence-corrected chi connectivity index (χ4v) is 7.48. The molecular weight excluding hydrogens is 989 g/mol. The number of benzene rings is 4. The average Bonchev–Trinajstić information content (AvgIpc) is 3.40. The molecule has 416 valence electrons. The Labute approximate surface area is 450 Å². The van der Waals surface area contributed by atoms with E-state index in [1.165, 1.54) is 12.1 Å². The van der Waals surface area contributed by atoms with Crippen LogP contribution in [0.2, 0.25) is 0 Å². The highest BCUT2D eigenvalue weighted by molar-refractivity contribution is 5.95. The molecule has 0 radical (unpaired) electrons. The van der Waals surface area contributed by atoms with Crippen LogP contribution >= 0.6 is 0 Å². The summed E-state index contributed by atoms with van der Waals surface area (Å²) in [6.07, 6.45) is 1.99. The first kappa shape index (κ1) is 61.2. The number of ether oxygens (including phenoxy) is 3. The Morgan fingerprint density at radius 3 is 1.97 bits per heavy atom. The third-order valence-corrected chi connectivity index (χ3v) is 11.4. The van der Waals surface area contributed by atoms with Crippen LogP contribution in [0.1, 0.15) is 107 Å². The summed E-state index contributed by atoms with van der Waals surface area (Å²) in [6, 6.07) is 29.5. The number of aromatic hydroxyl groups is 1. The predicted octanol–water partition coefficient (Wildman–Crippen LogP) is 5.51. The Balaban J connectivity index is 1.33. The monoisotopic (exact) mass is 1060 g/mol. The van der Waals surface area contributed by atoms with Gasteiger partial charge in [0.1, 0.15) is 35.8 Å². The van der Waals surface area contributed by atoms with Crippen LogP contribution in [0.25, 0.3) is 0 Å². The van der Waals surface area contributed by atoms with Crippen LogP contribution in [0.15, 0.2) is 114 Å². The maximum Gasteiger partial charge on any atom is 0.408 e. The molecule has 0 fully saturated rings. The molecule has 21 heteroatoms. The molecule has 21 nitrogen and oxygen atoms in total. The summed E-state index contributed by atoms with van der Waals surface area (Å²) in [5.74, 6) is -1.82. The minimum atomic E-state index is -1.01. The largest absolute Gasteiger partial charge is 0.508 e. The van der Waals surface area contributed by atoms with Gasteiger partial charge < -0.3 is 62.3 Å². The van der Waals surface area contributed by atoms with Crippen LogP contribution in [0.5, 0.6) is 11.5 Å². The van der Waals surface area contributed by atoms with E-state index in [1.807, 2.05) is 60.7 Å². The molecule has 0 aliphatic carbocycles. The number of hydrogen-bond donors (Lipinski definition) is 10. The van der Waals surface area contributed by atoms with Crippen molar-refractivity contribution in [3.63, 3.8) is 0 Å². The van der Waals surface area contributed by atoms with Crippen molar-refractivity contribution in [1.29, 1.82) is 0 Å². The van der Waals surface area contributed by atoms with E-state index in [0.29, 0.717) is 74.9 Å². The number of unbranched alkanes of at least 4 members (excludes halogenated alkanes) is 2. The smallest absolute Gasteiger partial charge is 0.408 e. The van der Waals surface area contributed by atoms with E-state index < -0.39 is 53.6 Å². The number of aliphatic imine (C=N–C) groups is 1. The summed E-state index contributed by atoms with van der Waals surface area (Å²) in [4.78, 5) is 94.4. The van der Waals surface area contributed by atoms with Gasteiger partial charge in [0.25, 0.3) is 0 Å². The molecule has 0 bridgehead atoms. The lowest BCUT2D eigenvalue weighted by Gasteiger charge is -2.23. The van der Waals surface area contributed by atoms with Gasteiger partial charge in [-0.3, -0.25) is 29.5 Å². The number of urea groups is 1. The zero-order valence-electron chi connectivity index (χ0n) is 44.5. The van der Waals surface area contributed by atoms with E-state index in [-0.39, 0.29) is 69.3 Å². The number of carbonyl (C=O) groups excluding carboxylic acids is 7. The first-order valence-electron chi connectivity index (χ1n) is 26.0. The van der Waals surface area contributed by atoms with Gasteiger partial charge in [0.2, 0.25) is 23.6 Å². The topological polar surface area (TPSA) is 302 Å². The number of carbonyl (C=O) groups is 7. The summed E-state index contributed by atoms with van der Waals surface area (Å²) in [5.41, 5.74) is 8.05. The minimum Gasteiger partial charge on any atom is -0.508 e. The van der Waals surface area contributed by atoms with E-state index in [0.717, 1.165) is 11.1 Å². The lowest BCUT2D eigenvalue weighted by atomic mass is 9.90. The highest BCUT2D eigenvalue weighted by Crippen LogP contribution is 2.28. The summed E-state index contributed by atoms with van der Waals surface area (Å²) in [7, 11) is 0. The molecule has 0 aliphatic rings. The van der Waals surface area contributed by atoms with Crippen molar-refractivity contribution in [2.75, 3.05) is 39.3 Å². The van der Waals surface area contributed by atoms with E-state index in [2.05, 4.69) is 47.5 Å². The molecule has 0 saturated heterocycles. The number of hydrogen-bond acceptors (Lipinski definition) is 12. The summed E-state index contributed by atoms with van der Waals surface area (Å²) in [5, 5.41) is 31.5. The predicted molar refractivity (Wildman–Crippen MR) is 292 cm³/mol. The average molecular weight is 1070 g/mol. The van der Waals surface area contributed by atoms with E-state index >= 15 is 0 Å². The Hall–Kier alpha value is -8.36. The Bertz CT molecular complexity index is 2510. The first-order valence-corrected chi connectivity index (χ1v) is 26.0.